The van der Waals surface area contributed by atoms with E-state index in [4.69, 9.17) is 10.5 Å². The molecule has 2 aromatic carbocycles. The minimum Gasteiger partial charge on any atom is -0.493 e. The van der Waals surface area contributed by atoms with E-state index in [0.29, 0.717) is 30.8 Å². The molecule has 2 aromatic rings. The highest BCUT2D eigenvalue weighted by Gasteiger charge is 2.09. The molecule has 0 saturated heterocycles. The van der Waals surface area contributed by atoms with Gasteiger partial charge in [0.25, 0.3) is 5.91 Å². The van der Waals surface area contributed by atoms with Crippen LogP contribution in [-0.4, -0.2) is 25.1 Å². The lowest BCUT2D eigenvalue weighted by Crippen LogP contribution is -2.40. The van der Waals surface area contributed by atoms with Crippen LogP contribution in [0.3, 0.4) is 0 Å². The number of carbonyl (C=O) groups is 2. The lowest BCUT2D eigenvalue weighted by Gasteiger charge is -2.12. The van der Waals surface area contributed by atoms with Crippen molar-refractivity contribution in [3.8, 4) is 5.75 Å². The van der Waals surface area contributed by atoms with Crippen molar-refractivity contribution in [2.45, 2.75) is 20.3 Å². The molecule has 0 spiro atoms. The van der Waals surface area contributed by atoms with Gasteiger partial charge in [0, 0.05) is 17.8 Å². The summed E-state index contributed by atoms with van der Waals surface area (Å²) in [5, 5.41) is 4.91. The third kappa shape index (κ3) is 5.53. The minimum absolute atomic E-state index is 0.378. The lowest BCUT2D eigenvalue weighted by atomic mass is 10.1. The number of benzene rings is 2. The minimum atomic E-state index is -0.533. The highest BCUT2D eigenvalue weighted by Crippen LogP contribution is 2.22. The molecular weight excluding hydrogens is 318 g/mol. The van der Waals surface area contributed by atoms with Crippen LogP contribution in [0.4, 0.5) is 10.5 Å². The van der Waals surface area contributed by atoms with Gasteiger partial charge in [-0.1, -0.05) is 18.2 Å². The van der Waals surface area contributed by atoms with Crippen LogP contribution in [0.25, 0.3) is 0 Å². The maximum absolute atomic E-state index is 11.9. The fourth-order valence-electron chi connectivity index (χ4n) is 2.33. The van der Waals surface area contributed by atoms with Crippen LogP contribution >= 0.6 is 0 Å². The molecular formula is C19H23N3O3. The molecule has 0 heterocycles. The summed E-state index contributed by atoms with van der Waals surface area (Å²) in [5.74, 6) is 0.412. The fraction of sp³-hybridized carbons (Fsp3) is 0.263. The van der Waals surface area contributed by atoms with E-state index in [9.17, 15) is 9.59 Å². The summed E-state index contributed by atoms with van der Waals surface area (Å²) in [5.41, 5.74) is 8.66. The number of hydrogen-bond acceptors (Lipinski definition) is 4. The zero-order chi connectivity index (χ0) is 18.2. The van der Waals surface area contributed by atoms with Gasteiger partial charge in [0.05, 0.1) is 6.61 Å². The molecule has 4 N–H and O–H groups in total. The number of rotatable bonds is 6. The molecule has 3 amide bonds. The van der Waals surface area contributed by atoms with E-state index < -0.39 is 11.9 Å². The number of urea groups is 1. The molecule has 0 saturated carbocycles. The Bertz CT molecular complexity index is 722. The fourth-order valence-corrected chi connectivity index (χ4v) is 2.33. The van der Waals surface area contributed by atoms with Gasteiger partial charge in [0.15, 0.2) is 0 Å². The molecule has 0 unspecified atom stereocenters. The van der Waals surface area contributed by atoms with Crippen LogP contribution in [0.1, 0.15) is 27.9 Å². The van der Waals surface area contributed by atoms with Crippen LogP contribution in [0.5, 0.6) is 5.75 Å². The smallest absolute Gasteiger partial charge is 0.321 e. The SMILES string of the molecule is Cc1cccc(C)c1OCCCNC(=O)NC(=O)c1ccc(N)cc1. The quantitative estimate of drug-likeness (QED) is 0.556. The number of nitrogens with one attached hydrogen (secondary N) is 2. The maximum Gasteiger partial charge on any atom is 0.321 e. The largest absolute Gasteiger partial charge is 0.493 e. The van der Waals surface area contributed by atoms with Gasteiger partial charge in [-0.2, -0.15) is 0 Å². The maximum atomic E-state index is 11.9. The van der Waals surface area contributed by atoms with Gasteiger partial charge in [-0.3, -0.25) is 10.1 Å². The van der Waals surface area contributed by atoms with Gasteiger partial charge in [-0.05, 0) is 55.7 Å². The first-order valence-electron chi connectivity index (χ1n) is 8.11. The average Bonchev–Trinajstić information content (AvgIpc) is 2.57. The van der Waals surface area contributed by atoms with E-state index in [2.05, 4.69) is 10.6 Å². The Morgan fingerprint density at radius 1 is 1.04 bits per heavy atom. The molecule has 0 aliphatic carbocycles. The first-order chi connectivity index (χ1) is 12.0. The first kappa shape index (κ1) is 18.3. The van der Waals surface area contributed by atoms with Crippen LogP contribution in [-0.2, 0) is 0 Å². The van der Waals surface area contributed by atoms with Gasteiger partial charge in [-0.25, -0.2) is 4.79 Å². The number of imide groups is 1. The number of anilines is 1. The molecule has 25 heavy (non-hydrogen) atoms. The highest BCUT2D eigenvalue weighted by molar-refractivity contribution is 6.04. The number of ether oxygens (including phenoxy) is 1. The molecule has 6 heteroatoms. The van der Waals surface area contributed by atoms with Gasteiger partial charge >= 0.3 is 6.03 Å². The second-order valence-electron chi connectivity index (χ2n) is 5.75. The topological polar surface area (TPSA) is 93.5 Å². The number of nitrogen functional groups attached to an aromatic ring is 1. The van der Waals surface area contributed by atoms with Crippen molar-refractivity contribution in [1.82, 2.24) is 10.6 Å². The molecule has 0 aliphatic rings. The van der Waals surface area contributed by atoms with Crippen LogP contribution in [0.2, 0.25) is 0 Å². The third-order valence-corrected chi connectivity index (χ3v) is 3.66. The summed E-state index contributed by atoms with van der Waals surface area (Å²) in [4.78, 5) is 23.6. The third-order valence-electron chi connectivity index (χ3n) is 3.66. The summed E-state index contributed by atoms with van der Waals surface area (Å²) in [6.07, 6.45) is 0.636. The molecule has 0 aliphatic heterocycles. The molecule has 0 atom stereocenters. The molecule has 132 valence electrons. The Morgan fingerprint density at radius 2 is 1.68 bits per heavy atom. The molecule has 0 radical (unpaired) electrons. The number of hydrogen-bond donors (Lipinski definition) is 3. The zero-order valence-electron chi connectivity index (χ0n) is 14.5. The van der Waals surface area contributed by atoms with Crippen molar-refractivity contribution < 1.29 is 14.3 Å². The van der Waals surface area contributed by atoms with E-state index in [1.165, 1.54) is 0 Å². The van der Waals surface area contributed by atoms with Crippen LogP contribution < -0.4 is 21.1 Å². The zero-order valence-corrected chi connectivity index (χ0v) is 14.5. The van der Waals surface area contributed by atoms with Gasteiger partial charge in [0.1, 0.15) is 5.75 Å². The van der Waals surface area contributed by atoms with Gasteiger partial charge < -0.3 is 15.8 Å². The van der Waals surface area contributed by atoms with Gasteiger partial charge in [0.2, 0.25) is 0 Å². The second kappa shape index (κ2) is 8.73. The van der Waals surface area contributed by atoms with Crippen molar-refractivity contribution >= 4 is 17.6 Å². The van der Waals surface area contributed by atoms with Crippen LogP contribution in [0.15, 0.2) is 42.5 Å². The van der Waals surface area contributed by atoms with E-state index in [1.807, 2.05) is 32.0 Å². The predicted molar refractivity (Wildman–Crippen MR) is 97.7 cm³/mol. The summed E-state index contributed by atoms with van der Waals surface area (Å²) < 4.78 is 5.76. The Balaban J connectivity index is 1.68. The van der Waals surface area contributed by atoms with Crippen molar-refractivity contribution in [3.63, 3.8) is 0 Å². The van der Waals surface area contributed by atoms with E-state index in [-0.39, 0.29) is 0 Å². The highest BCUT2D eigenvalue weighted by atomic mass is 16.5. The van der Waals surface area contributed by atoms with E-state index >= 15 is 0 Å². The normalized spacial score (nSPS) is 10.2. The Hall–Kier alpha value is -3.02. The van der Waals surface area contributed by atoms with E-state index in [0.717, 1.165) is 16.9 Å². The molecule has 0 fully saturated rings. The van der Waals surface area contributed by atoms with Gasteiger partial charge in [-0.15, -0.1) is 0 Å². The monoisotopic (exact) mass is 341 g/mol. The first-order valence-corrected chi connectivity index (χ1v) is 8.11. The summed E-state index contributed by atoms with van der Waals surface area (Å²) >= 11 is 0. The number of amides is 3. The van der Waals surface area contributed by atoms with Crippen molar-refractivity contribution in [1.29, 1.82) is 0 Å². The van der Waals surface area contributed by atoms with Crippen molar-refractivity contribution in [2.24, 2.45) is 0 Å². The molecule has 6 nitrogen and oxygen atoms in total. The number of carbonyl (C=O) groups excluding carboxylic acids is 2. The Kier molecular flexibility index (Phi) is 6.39. The predicted octanol–water partition coefficient (Wildman–Crippen LogP) is 2.79. The van der Waals surface area contributed by atoms with E-state index in [1.54, 1.807) is 24.3 Å². The number of para-hydroxylation sites is 1. The van der Waals surface area contributed by atoms with Crippen molar-refractivity contribution in [2.75, 3.05) is 18.9 Å². The van der Waals surface area contributed by atoms with Crippen molar-refractivity contribution in [3.05, 3.63) is 59.2 Å². The summed E-state index contributed by atoms with van der Waals surface area (Å²) in [6, 6.07) is 11.8. The summed E-state index contributed by atoms with van der Waals surface area (Å²) in [6.45, 7) is 4.89. The molecule has 0 bridgehead atoms. The lowest BCUT2D eigenvalue weighted by molar-refractivity contribution is 0.0964. The summed E-state index contributed by atoms with van der Waals surface area (Å²) in [7, 11) is 0. The average molecular weight is 341 g/mol. The number of nitrogens with two attached hydrogens (primary N) is 1. The molecule has 2 rings (SSSR count). The second-order valence-corrected chi connectivity index (χ2v) is 5.75. The van der Waals surface area contributed by atoms with Crippen LogP contribution in [0, 0.1) is 13.8 Å². The number of aryl methyl sites for hydroxylation is 2. The Labute approximate surface area is 147 Å². The standard InChI is InChI=1S/C19H23N3O3/c1-13-5-3-6-14(2)17(13)25-12-4-11-21-19(24)22-18(23)15-7-9-16(20)10-8-15/h3,5-10H,4,11-12,20H2,1-2H3,(H2,21,22,23,24). The Morgan fingerprint density at radius 3 is 2.32 bits per heavy atom. The molecule has 0 aromatic heterocycles.